The Kier molecular flexibility index (Phi) is 3.28. The maximum atomic E-state index is 11.9. The van der Waals surface area contributed by atoms with Crippen LogP contribution in [0.25, 0.3) is 0 Å². The monoisotopic (exact) mass is 308 g/mol. The molecule has 3 fully saturated rings. The van der Waals surface area contributed by atoms with Gasteiger partial charge in [0.1, 0.15) is 0 Å². The topological polar surface area (TPSA) is 37.3 Å². The molecule has 0 aromatic heterocycles. The molecule has 4 rings (SSSR count). The van der Waals surface area contributed by atoms with Gasteiger partial charge in [0.05, 0.1) is 11.1 Å². The Labute approximate surface area is 131 Å². The predicted octanol–water partition coefficient (Wildman–Crippen LogP) is 4.06. The molecule has 1 N–H and O–H groups in total. The summed E-state index contributed by atoms with van der Waals surface area (Å²) >= 11 is 6.32. The van der Waals surface area contributed by atoms with Gasteiger partial charge in [-0.05, 0) is 79.6 Å². The highest BCUT2D eigenvalue weighted by Gasteiger charge is 2.56. The van der Waals surface area contributed by atoms with E-state index in [9.17, 15) is 9.90 Å². The molecule has 6 atom stereocenters. The average Bonchev–Trinajstić information content (AvgIpc) is 2.78. The Morgan fingerprint density at radius 1 is 1.10 bits per heavy atom. The minimum atomic E-state index is -0.100. The van der Waals surface area contributed by atoms with Gasteiger partial charge in [0.15, 0.2) is 5.78 Å². The van der Waals surface area contributed by atoms with E-state index in [1.807, 2.05) is 0 Å². The molecular formula is C18H25ClO2. The number of aliphatic hydroxyl groups excluding tert-OH is 1. The van der Waals surface area contributed by atoms with E-state index in [-0.39, 0.29) is 17.3 Å². The number of hydrogen-bond acceptors (Lipinski definition) is 2. The molecule has 4 aliphatic carbocycles. The normalized spacial score (nSPS) is 49.7. The fraction of sp³-hybridized carbons (Fsp3) is 0.833. The Balaban J connectivity index is 1.66. The quantitative estimate of drug-likeness (QED) is 0.733. The van der Waals surface area contributed by atoms with E-state index < -0.39 is 0 Å². The van der Waals surface area contributed by atoms with Gasteiger partial charge in [-0.15, -0.1) is 0 Å². The molecule has 6 unspecified atom stereocenters. The van der Waals surface area contributed by atoms with E-state index in [1.165, 1.54) is 24.8 Å². The van der Waals surface area contributed by atoms with Gasteiger partial charge >= 0.3 is 0 Å². The predicted molar refractivity (Wildman–Crippen MR) is 82.9 cm³/mol. The number of Topliss-reactive ketones (excluding diaryl/α,β-unsaturated/α-hetero) is 1. The zero-order chi connectivity index (χ0) is 14.8. The molecule has 0 radical (unpaired) electrons. The van der Waals surface area contributed by atoms with Gasteiger partial charge in [-0.2, -0.15) is 0 Å². The van der Waals surface area contributed by atoms with E-state index in [1.54, 1.807) is 0 Å². The third-order valence-corrected chi connectivity index (χ3v) is 7.82. The van der Waals surface area contributed by atoms with E-state index >= 15 is 0 Å². The highest BCUT2D eigenvalue weighted by Crippen LogP contribution is 2.62. The molecule has 0 aromatic carbocycles. The molecule has 2 nitrogen and oxygen atoms in total. The van der Waals surface area contributed by atoms with E-state index in [0.717, 1.165) is 31.6 Å². The lowest BCUT2D eigenvalue weighted by molar-refractivity contribution is -0.116. The van der Waals surface area contributed by atoms with Crippen LogP contribution in [0.15, 0.2) is 10.6 Å². The van der Waals surface area contributed by atoms with Gasteiger partial charge < -0.3 is 5.11 Å². The lowest BCUT2D eigenvalue weighted by atomic mass is 9.52. The Bertz CT molecular complexity index is 511. The van der Waals surface area contributed by atoms with Crippen molar-refractivity contribution >= 4 is 17.4 Å². The molecule has 0 spiro atoms. The van der Waals surface area contributed by atoms with Crippen molar-refractivity contribution < 1.29 is 9.90 Å². The van der Waals surface area contributed by atoms with Crippen LogP contribution < -0.4 is 0 Å². The van der Waals surface area contributed by atoms with Gasteiger partial charge in [-0.25, -0.2) is 0 Å². The molecule has 3 saturated carbocycles. The highest BCUT2D eigenvalue weighted by atomic mass is 35.5. The molecule has 0 aliphatic heterocycles. The van der Waals surface area contributed by atoms with Crippen LogP contribution in [0.4, 0.5) is 0 Å². The summed E-state index contributed by atoms with van der Waals surface area (Å²) in [7, 11) is 0. The molecular weight excluding hydrogens is 284 g/mol. The number of fused-ring (bicyclic) bond motifs is 5. The van der Waals surface area contributed by atoms with Crippen molar-refractivity contribution in [3.05, 3.63) is 10.6 Å². The van der Waals surface area contributed by atoms with Crippen molar-refractivity contribution in [1.29, 1.82) is 0 Å². The Morgan fingerprint density at radius 2 is 1.90 bits per heavy atom. The molecule has 4 aliphatic rings. The number of hydrogen-bond donors (Lipinski definition) is 1. The van der Waals surface area contributed by atoms with Crippen LogP contribution >= 0.6 is 11.6 Å². The summed E-state index contributed by atoms with van der Waals surface area (Å²) in [4.78, 5) is 11.9. The molecule has 21 heavy (non-hydrogen) atoms. The van der Waals surface area contributed by atoms with E-state index in [0.29, 0.717) is 29.2 Å². The van der Waals surface area contributed by atoms with Gasteiger partial charge in [-0.1, -0.05) is 18.5 Å². The lowest BCUT2D eigenvalue weighted by Gasteiger charge is -2.53. The van der Waals surface area contributed by atoms with Crippen molar-refractivity contribution in [2.45, 2.75) is 64.4 Å². The number of carbonyl (C=O) groups is 1. The van der Waals surface area contributed by atoms with Gasteiger partial charge in [0.2, 0.25) is 0 Å². The number of carbonyl (C=O) groups excluding carboxylic acids is 1. The summed E-state index contributed by atoms with van der Waals surface area (Å²) in [6, 6.07) is 0. The Morgan fingerprint density at radius 3 is 2.71 bits per heavy atom. The maximum Gasteiger partial charge on any atom is 0.174 e. The Hall–Kier alpha value is -0.340. The SMILES string of the molecule is CC12CCC3C4CCC(=O)C(Cl)=C4CCC3C1CCC2O. The fourth-order valence-corrected chi connectivity index (χ4v) is 6.54. The summed E-state index contributed by atoms with van der Waals surface area (Å²) in [6.07, 6.45) is 8.27. The van der Waals surface area contributed by atoms with Crippen LogP contribution in [0.5, 0.6) is 0 Å². The molecule has 0 heterocycles. The van der Waals surface area contributed by atoms with Crippen LogP contribution in [0, 0.1) is 29.1 Å². The van der Waals surface area contributed by atoms with Gasteiger partial charge in [-0.3, -0.25) is 4.79 Å². The smallest absolute Gasteiger partial charge is 0.174 e. The first-order valence-electron chi connectivity index (χ1n) is 8.62. The van der Waals surface area contributed by atoms with Crippen molar-refractivity contribution in [2.24, 2.45) is 29.1 Å². The minimum Gasteiger partial charge on any atom is -0.393 e. The standard InChI is InChI=1S/C18H25ClO2/c1-18-9-8-11-10-4-6-15(20)17(19)13(10)3-2-12(11)14(18)5-7-16(18)21/h10-12,14,16,21H,2-9H2,1H3. The van der Waals surface area contributed by atoms with Crippen molar-refractivity contribution in [2.75, 3.05) is 0 Å². The summed E-state index contributed by atoms with van der Waals surface area (Å²) in [5.41, 5.74) is 1.42. The van der Waals surface area contributed by atoms with Crippen LogP contribution in [0.1, 0.15) is 58.3 Å². The van der Waals surface area contributed by atoms with Crippen LogP contribution in [-0.2, 0) is 4.79 Å². The third kappa shape index (κ3) is 1.91. The lowest BCUT2D eigenvalue weighted by Crippen LogP contribution is -2.47. The van der Waals surface area contributed by atoms with Crippen LogP contribution in [-0.4, -0.2) is 17.0 Å². The van der Waals surface area contributed by atoms with Gasteiger partial charge in [0.25, 0.3) is 0 Å². The molecule has 3 heteroatoms. The molecule has 0 saturated heterocycles. The summed E-state index contributed by atoms with van der Waals surface area (Å²) in [5.74, 6) is 2.85. The zero-order valence-corrected chi connectivity index (χ0v) is 13.5. The fourth-order valence-electron chi connectivity index (χ4n) is 6.21. The largest absolute Gasteiger partial charge is 0.393 e. The first-order chi connectivity index (χ1) is 10.0. The number of aliphatic hydroxyl groups is 1. The van der Waals surface area contributed by atoms with Crippen molar-refractivity contribution in [3.8, 4) is 0 Å². The first kappa shape index (κ1) is 14.3. The van der Waals surface area contributed by atoms with Crippen LogP contribution in [0.3, 0.4) is 0 Å². The maximum absolute atomic E-state index is 11.9. The number of allylic oxidation sites excluding steroid dienone is 1. The highest BCUT2D eigenvalue weighted by molar-refractivity contribution is 6.43. The number of rotatable bonds is 0. The second-order valence-electron chi connectivity index (χ2n) is 8.02. The van der Waals surface area contributed by atoms with Crippen molar-refractivity contribution in [1.82, 2.24) is 0 Å². The van der Waals surface area contributed by atoms with Gasteiger partial charge in [0, 0.05) is 6.42 Å². The third-order valence-electron chi connectivity index (χ3n) is 7.36. The number of ketones is 1. The van der Waals surface area contributed by atoms with Crippen molar-refractivity contribution in [3.63, 3.8) is 0 Å². The zero-order valence-electron chi connectivity index (χ0n) is 12.8. The average molecular weight is 309 g/mol. The van der Waals surface area contributed by atoms with E-state index in [2.05, 4.69) is 6.92 Å². The molecule has 0 bridgehead atoms. The van der Waals surface area contributed by atoms with Crippen LogP contribution in [0.2, 0.25) is 0 Å². The second-order valence-corrected chi connectivity index (χ2v) is 8.40. The first-order valence-corrected chi connectivity index (χ1v) is 9.00. The summed E-state index contributed by atoms with van der Waals surface area (Å²) in [5, 5.41) is 11.0. The summed E-state index contributed by atoms with van der Waals surface area (Å²) < 4.78 is 0. The number of halogens is 1. The van der Waals surface area contributed by atoms with E-state index in [4.69, 9.17) is 11.6 Å². The molecule has 116 valence electrons. The second kappa shape index (κ2) is 4.83. The molecule has 0 aromatic rings. The molecule has 0 amide bonds. The summed E-state index contributed by atoms with van der Waals surface area (Å²) in [6.45, 7) is 2.31. The minimum absolute atomic E-state index is 0.100.